The number of ether oxygens (including phenoxy) is 1. The number of fused-ring (bicyclic) bond motifs is 1. The third kappa shape index (κ3) is 1.73. The Morgan fingerprint density at radius 1 is 1.41 bits per heavy atom. The molecule has 0 radical (unpaired) electrons. The van der Waals surface area contributed by atoms with Gasteiger partial charge in [0, 0.05) is 0 Å². The third-order valence-electron chi connectivity index (χ3n) is 3.34. The maximum absolute atomic E-state index is 12.3. The number of rotatable bonds is 3. The molecule has 0 saturated carbocycles. The van der Waals surface area contributed by atoms with Crippen LogP contribution in [0, 0.1) is 0 Å². The Bertz CT molecular complexity index is 525. The van der Waals surface area contributed by atoms with E-state index in [4.69, 9.17) is 4.74 Å². The van der Waals surface area contributed by atoms with Gasteiger partial charge in [-0.15, -0.1) is 0 Å². The fourth-order valence-corrected chi connectivity index (χ4v) is 4.67. The van der Waals surface area contributed by atoms with Crippen molar-refractivity contribution >= 4 is 9.84 Å². The predicted octanol–water partition coefficient (Wildman–Crippen LogP) is 1.52. The zero-order valence-electron chi connectivity index (χ0n) is 10.2. The van der Waals surface area contributed by atoms with Crippen LogP contribution in [0.5, 0.6) is 5.75 Å². The van der Waals surface area contributed by atoms with Crippen molar-refractivity contribution in [1.82, 2.24) is 5.32 Å². The average Bonchev–Trinajstić information content (AvgIpc) is 2.55. The lowest BCUT2D eigenvalue weighted by molar-refractivity contribution is 0.412. The van der Waals surface area contributed by atoms with E-state index in [2.05, 4.69) is 5.32 Å². The first-order valence-corrected chi connectivity index (χ1v) is 7.20. The molecule has 0 fully saturated rings. The molecule has 2 unspecified atom stereocenters. The van der Waals surface area contributed by atoms with Crippen LogP contribution in [-0.2, 0) is 9.84 Å². The maximum atomic E-state index is 12.3. The van der Waals surface area contributed by atoms with Crippen LogP contribution in [-0.4, -0.2) is 27.8 Å². The smallest absolute Gasteiger partial charge is 0.183 e. The Morgan fingerprint density at radius 3 is 2.65 bits per heavy atom. The van der Waals surface area contributed by atoms with Gasteiger partial charge in [0.25, 0.3) is 0 Å². The van der Waals surface area contributed by atoms with Crippen molar-refractivity contribution in [1.29, 1.82) is 0 Å². The van der Waals surface area contributed by atoms with Gasteiger partial charge < -0.3 is 10.1 Å². The van der Waals surface area contributed by atoms with Crippen molar-refractivity contribution in [3.05, 3.63) is 23.8 Å². The molecule has 0 aromatic heterocycles. The number of methoxy groups -OCH3 is 1. The molecule has 1 heterocycles. The van der Waals surface area contributed by atoms with Gasteiger partial charge in [-0.3, -0.25) is 0 Å². The van der Waals surface area contributed by atoms with Crippen LogP contribution in [0.3, 0.4) is 0 Å². The zero-order chi connectivity index (χ0) is 12.6. The maximum Gasteiger partial charge on any atom is 0.183 e. The van der Waals surface area contributed by atoms with E-state index in [1.807, 2.05) is 13.0 Å². The highest BCUT2D eigenvalue weighted by Crippen LogP contribution is 2.41. The summed E-state index contributed by atoms with van der Waals surface area (Å²) in [7, 11) is 0.169. The topological polar surface area (TPSA) is 55.4 Å². The minimum absolute atomic E-state index is 0.143. The molecule has 1 aromatic carbocycles. The highest BCUT2D eigenvalue weighted by atomic mass is 32.2. The second-order valence-electron chi connectivity index (χ2n) is 4.16. The molecule has 1 aliphatic heterocycles. The first kappa shape index (κ1) is 12.4. The van der Waals surface area contributed by atoms with Crippen molar-refractivity contribution in [2.24, 2.45) is 0 Å². The lowest BCUT2D eigenvalue weighted by atomic mass is 10.0. The molecule has 0 spiro atoms. The van der Waals surface area contributed by atoms with Crippen molar-refractivity contribution < 1.29 is 13.2 Å². The molecular formula is C12H17NO3S. The van der Waals surface area contributed by atoms with Crippen LogP contribution in [0.2, 0.25) is 0 Å². The molecule has 0 bridgehead atoms. The quantitative estimate of drug-likeness (QED) is 0.889. The van der Waals surface area contributed by atoms with Gasteiger partial charge in [-0.25, -0.2) is 8.42 Å². The van der Waals surface area contributed by atoms with Crippen LogP contribution < -0.4 is 10.1 Å². The lowest BCUT2D eigenvalue weighted by Gasteiger charge is -2.16. The van der Waals surface area contributed by atoms with Crippen molar-refractivity contribution in [2.45, 2.75) is 29.5 Å². The fourth-order valence-electron chi connectivity index (χ4n) is 2.49. The van der Waals surface area contributed by atoms with Gasteiger partial charge in [-0.1, -0.05) is 6.92 Å². The molecule has 0 saturated heterocycles. The minimum Gasteiger partial charge on any atom is -0.497 e. The highest BCUT2D eigenvalue weighted by molar-refractivity contribution is 7.92. The molecule has 2 atom stereocenters. The summed E-state index contributed by atoms with van der Waals surface area (Å²) in [5, 5.41) is 2.71. The molecule has 1 N–H and O–H groups in total. The van der Waals surface area contributed by atoms with Gasteiger partial charge in [0.15, 0.2) is 9.84 Å². The van der Waals surface area contributed by atoms with Crippen LogP contribution in [0.1, 0.15) is 24.9 Å². The number of sulfone groups is 1. The molecule has 2 rings (SSSR count). The van der Waals surface area contributed by atoms with E-state index in [0.29, 0.717) is 17.1 Å². The summed E-state index contributed by atoms with van der Waals surface area (Å²) < 4.78 is 29.8. The summed E-state index contributed by atoms with van der Waals surface area (Å²) in [6, 6.07) is 5.00. The predicted molar refractivity (Wildman–Crippen MR) is 66.1 cm³/mol. The van der Waals surface area contributed by atoms with Crippen LogP contribution in [0.4, 0.5) is 0 Å². The average molecular weight is 255 g/mol. The number of hydrogen-bond acceptors (Lipinski definition) is 4. The molecule has 4 nitrogen and oxygen atoms in total. The summed E-state index contributed by atoms with van der Waals surface area (Å²) in [6.45, 7) is 1.90. The van der Waals surface area contributed by atoms with Gasteiger partial charge >= 0.3 is 0 Å². The largest absolute Gasteiger partial charge is 0.497 e. The van der Waals surface area contributed by atoms with E-state index in [1.54, 1.807) is 26.3 Å². The Hall–Kier alpha value is -1.07. The minimum atomic E-state index is -3.20. The molecule has 0 aliphatic carbocycles. The van der Waals surface area contributed by atoms with E-state index in [0.717, 1.165) is 5.56 Å². The highest BCUT2D eigenvalue weighted by Gasteiger charge is 2.43. The van der Waals surface area contributed by atoms with Gasteiger partial charge in [-0.2, -0.15) is 0 Å². The van der Waals surface area contributed by atoms with Crippen LogP contribution in [0.25, 0.3) is 0 Å². The molecule has 1 aromatic rings. The Kier molecular flexibility index (Phi) is 3.14. The third-order valence-corrected chi connectivity index (χ3v) is 5.73. The van der Waals surface area contributed by atoms with Gasteiger partial charge in [0.1, 0.15) is 5.75 Å². The normalized spacial score (nSPS) is 25.6. The van der Waals surface area contributed by atoms with Gasteiger partial charge in [-0.05, 0) is 37.2 Å². The second kappa shape index (κ2) is 4.31. The van der Waals surface area contributed by atoms with Crippen LogP contribution >= 0.6 is 0 Å². The summed E-state index contributed by atoms with van der Waals surface area (Å²) in [6.07, 6.45) is 0.602. The lowest BCUT2D eigenvalue weighted by Crippen LogP contribution is -2.28. The van der Waals surface area contributed by atoms with Gasteiger partial charge in [0.2, 0.25) is 0 Å². The van der Waals surface area contributed by atoms with E-state index in [1.165, 1.54) is 0 Å². The van der Waals surface area contributed by atoms with Crippen molar-refractivity contribution in [2.75, 3.05) is 14.2 Å². The number of benzene rings is 1. The van der Waals surface area contributed by atoms with Crippen LogP contribution in [0.15, 0.2) is 23.1 Å². The van der Waals surface area contributed by atoms with E-state index < -0.39 is 9.84 Å². The molecule has 94 valence electrons. The Labute approximate surface area is 102 Å². The molecular weight excluding hydrogens is 238 g/mol. The summed E-state index contributed by atoms with van der Waals surface area (Å²) >= 11 is 0. The summed E-state index contributed by atoms with van der Waals surface area (Å²) in [5.74, 6) is 0.691. The molecule has 1 aliphatic rings. The van der Waals surface area contributed by atoms with Crippen molar-refractivity contribution in [3.8, 4) is 5.75 Å². The Morgan fingerprint density at radius 2 is 2.12 bits per heavy atom. The second-order valence-corrected chi connectivity index (χ2v) is 6.30. The van der Waals surface area contributed by atoms with E-state index in [9.17, 15) is 8.42 Å². The van der Waals surface area contributed by atoms with Gasteiger partial charge in [0.05, 0.1) is 23.3 Å². The first-order chi connectivity index (χ1) is 8.06. The number of hydrogen-bond donors (Lipinski definition) is 1. The summed E-state index contributed by atoms with van der Waals surface area (Å²) in [5.41, 5.74) is 0.818. The van der Waals surface area contributed by atoms with E-state index in [-0.39, 0.29) is 11.3 Å². The molecule has 5 heteroatoms. The summed E-state index contributed by atoms with van der Waals surface area (Å²) in [4.78, 5) is 0.435. The standard InChI is InChI=1S/C12H17NO3S/c1-4-10-12(13-2)9-7-8(16-3)5-6-11(9)17(10,14)15/h5-7,10,12-13H,4H2,1-3H3. The Balaban J connectivity index is 2.63. The zero-order valence-corrected chi connectivity index (χ0v) is 11.0. The fraction of sp³-hybridized carbons (Fsp3) is 0.500. The first-order valence-electron chi connectivity index (χ1n) is 5.65. The molecule has 0 amide bonds. The van der Waals surface area contributed by atoms with Crippen molar-refractivity contribution in [3.63, 3.8) is 0 Å². The molecule has 17 heavy (non-hydrogen) atoms. The van der Waals surface area contributed by atoms with E-state index >= 15 is 0 Å². The number of nitrogens with one attached hydrogen (secondary N) is 1. The SMILES string of the molecule is CCC1C(NC)c2cc(OC)ccc2S1(=O)=O. The monoisotopic (exact) mass is 255 g/mol.